The second-order valence-corrected chi connectivity index (χ2v) is 7.42. The number of hydrogen-bond donors (Lipinski definition) is 0. The molecular weight excluding hydrogens is 330 g/mol. The van der Waals surface area contributed by atoms with Gasteiger partial charge in [-0.05, 0) is 25.3 Å². The van der Waals surface area contributed by atoms with E-state index in [4.69, 9.17) is 0 Å². The van der Waals surface area contributed by atoms with Gasteiger partial charge in [0.25, 0.3) is 5.91 Å². The quantitative estimate of drug-likeness (QED) is 0.779. The Morgan fingerprint density at radius 1 is 1.15 bits per heavy atom. The number of nitrogens with zero attached hydrogens (tertiary/aromatic N) is 3. The molecule has 1 aromatic carbocycles. The lowest BCUT2D eigenvalue weighted by atomic mass is 9.81. The molecule has 4 amide bonds. The van der Waals surface area contributed by atoms with E-state index >= 15 is 0 Å². The van der Waals surface area contributed by atoms with Gasteiger partial charge in [-0.2, -0.15) is 0 Å². The van der Waals surface area contributed by atoms with Crippen LogP contribution in [0.2, 0.25) is 0 Å². The first-order chi connectivity index (χ1) is 12.4. The normalized spacial score (nSPS) is 20.6. The van der Waals surface area contributed by atoms with E-state index in [-0.39, 0.29) is 30.4 Å². The lowest BCUT2D eigenvalue weighted by Gasteiger charge is -2.35. The van der Waals surface area contributed by atoms with Crippen LogP contribution in [-0.4, -0.2) is 58.7 Å². The Kier molecular flexibility index (Phi) is 5.03. The molecule has 0 unspecified atom stereocenters. The number of carbonyl (C=O) groups excluding carboxylic acids is 3. The van der Waals surface area contributed by atoms with Crippen LogP contribution in [0.25, 0.3) is 0 Å². The van der Waals surface area contributed by atoms with Gasteiger partial charge in [0.15, 0.2) is 0 Å². The Labute approximate surface area is 154 Å². The molecule has 6 nitrogen and oxygen atoms in total. The molecule has 26 heavy (non-hydrogen) atoms. The molecule has 3 rings (SSSR count). The third-order valence-corrected chi connectivity index (χ3v) is 6.03. The van der Waals surface area contributed by atoms with Gasteiger partial charge in [-0.1, -0.05) is 49.6 Å². The standard InChI is InChI=1S/C20H27N3O3/c1-15(16-10-6-4-7-11-16)21(2)17(24)14-23-18(25)20(22(3)19(23)26)12-8-5-9-13-20/h4,6-7,10-11,15H,5,8-9,12-14H2,1-3H3/t15-/m0/s1. The Morgan fingerprint density at radius 2 is 1.77 bits per heavy atom. The number of rotatable bonds is 4. The van der Waals surface area contributed by atoms with Crippen LogP contribution < -0.4 is 0 Å². The number of amides is 4. The predicted octanol–water partition coefficient (Wildman–Crippen LogP) is 2.80. The molecule has 6 heteroatoms. The zero-order valence-corrected chi connectivity index (χ0v) is 15.8. The van der Waals surface area contributed by atoms with Crippen molar-refractivity contribution in [2.24, 2.45) is 0 Å². The fourth-order valence-electron chi connectivity index (χ4n) is 4.09. The van der Waals surface area contributed by atoms with E-state index in [1.807, 2.05) is 37.3 Å². The first-order valence-corrected chi connectivity index (χ1v) is 9.29. The Balaban J connectivity index is 1.72. The van der Waals surface area contributed by atoms with Crippen molar-refractivity contribution in [2.45, 2.75) is 50.6 Å². The van der Waals surface area contributed by atoms with Crippen LogP contribution in [0.4, 0.5) is 4.79 Å². The van der Waals surface area contributed by atoms with Crippen molar-refractivity contribution in [3.05, 3.63) is 35.9 Å². The predicted molar refractivity (Wildman–Crippen MR) is 98.3 cm³/mol. The van der Waals surface area contributed by atoms with Gasteiger partial charge in [0.05, 0.1) is 6.04 Å². The maximum absolute atomic E-state index is 13.0. The maximum atomic E-state index is 13.0. The Hall–Kier alpha value is -2.37. The Bertz CT molecular complexity index is 698. The van der Waals surface area contributed by atoms with E-state index in [0.717, 1.165) is 29.7 Å². The highest BCUT2D eigenvalue weighted by molar-refractivity contribution is 6.08. The molecule has 0 aromatic heterocycles. The van der Waals surface area contributed by atoms with Crippen LogP contribution in [-0.2, 0) is 9.59 Å². The van der Waals surface area contributed by atoms with Crippen LogP contribution in [0.5, 0.6) is 0 Å². The van der Waals surface area contributed by atoms with Gasteiger partial charge in [-0.15, -0.1) is 0 Å². The summed E-state index contributed by atoms with van der Waals surface area (Å²) in [6.45, 7) is 1.74. The molecule has 1 spiro atoms. The van der Waals surface area contributed by atoms with Crippen molar-refractivity contribution in [1.82, 2.24) is 14.7 Å². The molecule has 0 radical (unpaired) electrons. The lowest BCUT2D eigenvalue weighted by Crippen LogP contribution is -2.49. The van der Waals surface area contributed by atoms with E-state index in [2.05, 4.69) is 0 Å². The third-order valence-electron chi connectivity index (χ3n) is 6.03. The number of carbonyl (C=O) groups is 3. The Morgan fingerprint density at radius 3 is 2.38 bits per heavy atom. The van der Waals surface area contributed by atoms with E-state index in [9.17, 15) is 14.4 Å². The molecule has 1 heterocycles. The van der Waals surface area contributed by atoms with Crippen LogP contribution in [0.1, 0.15) is 50.6 Å². The number of likely N-dealkylation sites (N-methyl/N-ethyl adjacent to an activating group) is 2. The monoisotopic (exact) mass is 357 g/mol. The van der Waals surface area contributed by atoms with Gasteiger partial charge < -0.3 is 9.80 Å². The van der Waals surface area contributed by atoms with Crippen molar-refractivity contribution in [1.29, 1.82) is 0 Å². The minimum atomic E-state index is -0.737. The van der Waals surface area contributed by atoms with Crippen molar-refractivity contribution in [3.63, 3.8) is 0 Å². The summed E-state index contributed by atoms with van der Waals surface area (Å²) in [5, 5.41) is 0. The highest BCUT2D eigenvalue weighted by Crippen LogP contribution is 2.39. The molecule has 1 saturated carbocycles. The average Bonchev–Trinajstić information content (AvgIpc) is 2.84. The molecular formula is C20H27N3O3. The van der Waals surface area contributed by atoms with Crippen LogP contribution >= 0.6 is 0 Å². The fraction of sp³-hybridized carbons (Fsp3) is 0.550. The summed E-state index contributed by atoms with van der Waals surface area (Å²) in [5.41, 5.74) is 0.280. The SMILES string of the molecule is C[C@@H](c1ccccc1)N(C)C(=O)CN1C(=O)N(C)C2(CCCCC2)C1=O. The molecule has 0 N–H and O–H groups in total. The van der Waals surface area contributed by atoms with Crippen LogP contribution in [0, 0.1) is 0 Å². The molecule has 1 aliphatic heterocycles. The van der Waals surface area contributed by atoms with E-state index in [0.29, 0.717) is 12.8 Å². The van der Waals surface area contributed by atoms with Gasteiger partial charge >= 0.3 is 6.03 Å². The highest BCUT2D eigenvalue weighted by Gasteiger charge is 2.55. The molecule has 2 fully saturated rings. The van der Waals surface area contributed by atoms with Crippen molar-refractivity contribution in [3.8, 4) is 0 Å². The third kappa shape index (κ3) is 2.97. The fourth-order valence-corrected chi connectivity index (χ4v) is 4.09. The minimum Gasteiger partial charge on any atom is -0.337 e. The first-order valence-electron chi connectivity index (χ1n) is 9.29. The number of urea groups is 1. The van der Waals surface area contributed by atoms with Crippen molar-refractivity contribution < 1.29 is 14.4 Å². The van der Waals surface area contributed by atoms with E-state index in [1.54, 1.807) is 23.9 Å². The molecule has 1 atom stereocenters. The van der Waals surface area contributed by atoms with Crippen LogP contribution in [0.15, 0.2) is 30.3 Å². The lowest BCUT2D eigenvalue weighted by molar-refractivity contribution is -0.140. The van der Waals surface area contributed by atoms with Gasteiger partial charge in [0.1, 0.15) is 12.1 Å². The highest BCUT2D eigenvalue weighted by atomic mass is 16.2. The summed E-state index contributed by atoms with van der Waals surface area (Å²) in [6, 6.07) is 9.23. The zero-order chi connectivity index (χ0) is 18.9. The van der Waals surface area contributed by atoms with Gasteiger partial charge in [-0.25, -0.2) is 4.79 Å². The summed E-state index contributed by atoms with van der Waals surface area (Å²) in [7, 11) is 3.40. The molecule has 0 bridgehead atoms. The number of imide groups is 1. The number of benzene rings is 1. The molecule has 1 saturated heterocycles. The van der Waals surface area contributed by atoms with E-state index < -0.39 is 5.54 Å². The number of hydrogen-bond acceptors (Lipinski definition) is 3. The summed E-state index contributed by atoms with van der Waals surface area (Å²) in [6.07, 6.45) is 4.35. The molecule has 2 aliphatic rings. The summed E-state index contributed by atoms with van der Waals surface area (Å²) in [5.74, 6) is -0.442. The first kappa shape index (κ1) is 18.4. The molecule has 1 aromatic rings. The second-order valence-electron chi connectivity index (χ2n) is 7.42. The van der Waals surface area contributed by atoms with E-state index in [1.165, 1.54) is 0 Å². The smallest absolute Gasteiger partial charge is 0.327 e. The van der Waals surface area contributed by atoms with Gasteiger partial charge in [0.2, 0.25) is 5.91 Å². The van der Waals surface area contributed by atoms with Crippen LogP contribution in [0.3, 0.4) is 0 Å². The largest absolute Gasteiger partial charge is 0.337 e. The average molecular weight is 357 g/mol. The topological polar surface area (TPSA) is 60.9 Å². The minimum absolute atomic E-state index is 0.127. The second kappa shape index (κ2) is 7.09. The molecule has 140 valence electrons. The summed E-state index contributed by atoms with van der Waals surface area (Å²) in [4.78, 5) is 42.7. The maximum Gasteiger partial charge on any atom is 0.327 e. The summed E-state index contributed by atoms with van der Waals surface area (Å²) < 4.78 is 0. The summed E-state index contributed by atoms with van der Waals surface area (Å²) >= 11 is 0. The zero-order valence-electron chi connectivity index (χ0n) is 15.8. The van der Waals surface area contributed by atoms with Gasteiger partial charge in [-0.3, -0.25) is 14.5 Å². The van der Waals surface area contributed by atoms with Gasteiger partial charge in [0, 0.05) is 14.1 Å². The van der Waals surface area contributed by atoms with Crippen molar-refractivity contribution in [2.75, 3.05) is 20.6 Å². The molecule has 1 aliphatic carbocycles. The van der Waals surface area contributed by atoms with Crippen molar-refractivity contribution >= 4 is 17.8 Å².